The van der Waals surface area contributed by atoms with E-state index >= 15 is 0 Å². The summed E-state index contributed by atoms with van der Waals surface area (Å²) in [7, 11) is 1.62. The number of carboxylic acids is 3. The molecule has 0 spiro atoms. The van der Waals surface area contributed by atoms with Crippen LogP contribution < -0.4 is 24.8 Å². The molecule has 0 aromatic heterocycles. The Bertz CT molecular complexity index is 3020. The zero-order valence-electron chi connectivity index (χ0n) is 40.6. The zero-order valence-corrected chi connectivity index (χ0v) is 40.6. The molecule has 0 aliphatic heterocycles. The first kappa shape index (κ1) is 59.4. The van der Waals surface area contributed by atoms with Gasteiger partial charge in [0, 0.05) is 23.4 Å². The molecule has 0 unspecified atom stereocenters. The Kier molecular flexibility index (Phi) is 23.3. The predicted molar refractivity (Wildman–Crippen MR) is 277 cm³/mol. The average Bonchev–Trinajstić information content (AvgIpc) is 3.39. The third-order valence-corrected chi connectivity index (χ3v) is 10.4. The number of methoxy groups -OCH3 is 1. The van der Waals surface area contributed by atoms with E-state index in [1.54, 1.807) is 37.4 Å². The number of aromatic carboxylic acids is 3. The number of ketones is 3. The minimum atomic E-state index is -1.21. The van der Waals surface area contributed by atoms with Gasteiger partial charge in [-0.2, -0.15) is 10.5 Å². The molecule has 6 aromatic carbocycles. The van der Waals surface area contributed by atoms with Crippen molar-refractivity contribution in [3.05, 3.63) is 183 Å². The lowest BCUT2D eigenvalue weighted by Crippen LogP contribution is -2.16. The lowest BCUT2D eigenvalue weighted by Gasteiger charge is -2.11. The quantitative estimate of drug-likeness (QED) is 0.0444. The monoisotopic (exact) mass is 1020 g/mol. The molecule has 6 rings (SSSR count). The number of nitrogens with zero attached hydrogens (tertiary/aromatic N) is 2. The van der Waals surface area contributed by atoms with Crippen LogP contribution in [0.4, 0.5) is 11.4 Å². The van der Waals surface area contributed by atoms with Crippen LogP contribution in [0.15, 0.2) is 127 Å². The molecule has 5 N–H and O–H groups in total. The number of anilines is 2. The van der Waals surface area contributed by atoms with Gasteiger partial charge in [0.05, 0.1) is 46.1 Å². The highest BCUT2D eigenvalue weighted by molar-refractivity contribution is 6.12. The second-order valence-corrected chi connectivity index (χ2v) is 15.9. The van der Waals surface area contributed by atoms with Crippen LogP contribution in [-0.2, 0) is 22.4 Å². The number of nitrogens with one attached hydrogen (secondary N) is 2. The van der Waals surface area contributed by atoms with Gasteiger partial charge in [-0.1, -0.05) is 75.4 Å². The molecule has 0 aliphatic carbocycles. The minimum Gasteiger partial charge on any atom is -0.496 e. The van der Waals surface area contributed by atoms with Gasteiger partial charge in [0.25, 0.3) is 11.8 Å². The molecule has 0 aliphatic rings. The van der Waals surface area contributed by atoms with Crippen LogP contribution in [0.3, 0.4) is 0 Å². The van der Waals surface area contributed by atoms with Crippen molar-refractivity contribution < 1.29 is 67.9 Å². The lowest BCUT2D eigenvalue weighted by molar-refractivity contribution is -0.119. The number of benzene rings is 6. The van der Waals surface area contributed by atoms with Crippen molar-refractivity contribution in [2.24, 2.45) is 0 Å². The van der Waals surface area contributed by atoms with Gasteiger partial charge in [0.1, 0.15) is 42.6 Å². The predicted octanol–water partition coefficient (Wildman–Crippen LogP) is 9.75. The number of unbranched alkanes of at least 4 members (excludes halogenated alkanes) is 1. The number of carboxylic acid groups (broad SMARTS) is 3. The first-order chi connectivity index (χ1) is 35.4. The number of ether oxygens (including phenoxy) is 3. The highest BCUT2D eigenvalue weighted by Gasteiger charge is 2.20. The summed E-state index contributed by atoms with van der Waals surface area (Å²) in [4.78, 5) is 92.6. The number of amides is 2. The maximum Gasteiger partial charge on any atom is 0.336 e. The second-order valence-electron chi connectivity index (χ2n) is 15.9. The van der Waals surface area contributed by atoms with E-state index in [1.807, 2.05) is 30.3 Å². The van der Waals surface area contributed by atoms with E-state index in [2.05, 4.69) is 17.6 Å². The fourth-order valence-corrected chi connectivity index (χ4v) is 6.80. The summed E-state index contributed by atoms with van der Waals surface area (Å²) in [6, 6.07) is 36.2. The number of nitriles is 2. The molecule has 386 valence electrons. The maximum atomic E-state index is 12.5. The standard InChI is InChI=1S/C20H22O4.2C18H14N2O5.CH4/c1-3-4-7-15-11-10-14(13-19(15)24-2)12-18(21)16-8-5-6-9-17(16)20(22)23;2*1-11(21)10-25-16-7-6-13(8-12(16)9-19)20-17(22)14-4-2-3-5-15(14)18(23)24;/h5-6,8-11,13H,3-4,7,12H2,1-2H3,(H,22,23);2*2-8H,10H2,1H3,(H,20,22)(H,23,24);1H4. The molecule has 18 heteroatoms. The van der Waals surface area contributed by atoms with Crippen molar-refractivity contribution in [3.63, 3.8) is 0 Å². The first-order valence-corrected chi connectivity index (χ1v) is 22.5. The summed E-state index contributed by atoms with van der Waals surface area (Å²) in [5, 5.41) is 50.9. The molecule has 6 aromatic rings. The fraction of sp³-hybridized carbons (Fsp3) is 0.193. The molecule has 2 amide bonds. The molecule has 0 bridgehead atoms. The van der Waals surface area contributed by atoms with Gasteiger partial charge in [-0.3, -0.25) is 24.0 Å². The molecule has 0 fully saturated rings. The van der Waals surface area contributed by atoms with Crippen molar-refractivity contribution in [2.75, 3.05) is 31.0 Å². The van der Waals surface area contributed by atoms with Crippen LogP contribution in [0.5, 0.6) is 17.2 Å². The summed E-state index contributed by atoms with van der Waals surface area (Å²) < 4.78 is 15.9. The number of carbonyl (C=O) groups excluding carboxylic acids is 5. The molecular weight excluding hydrogens is 965 g/mol. The van der Waals surface area contributed by atoms with Gasteiger partial charge >= 0.3 is 17.9 Å². The Morgan fingerprint density at radius 2 is 0.933 bits per heavy atom. The Hall–Kier alpha value is -9.94. The average molecular weight is 1020 g/mol. The number of hydrogen-bond acceptors (Lipinski definition) is 13. The minimum absolute atomic E-state index is 0. The third-order valence-electron chi connectivity index (χ3n) is 10.4. The summed E-state index contributed by atoms with van der Waals surface area (Å²) in [6.45, 7) is 4.54. The molecule has 0 heterocycles. The lowest BCUT2D eigenvalue weighted by atomic mass is 9.97. The number of hydrogen-bond donors (Lipinski definition) is 5. The van der Waals surface area contributed by atoms with Gasteiger partial charge in [0.15, 0.2) is 17.3 Å². The largest absolute Gasteiger partial charge is 0.496 e. The Balaban J connectivity index is 0.000000295. The summed E-state index contributed by atoms with van der Waals surface area (Å²) in [6.07, 6.45) is 3.28. The summed E-state index contributed by atoms with van der Waals surface area (Å²) in [5.41, 5.74) is 2.87. The van der Waals surface area contributed by atoms with E-state index in [0.29, 0.717) is 11.4 Å². The Morgan fingerprint density at radius 3 is 1.31 bits per heavy atom. The molecule has 0 saturated carbocycles. The van der Waals surface area contributed by atoms with E-state index in [1.165, 1.54) is 92.7 Å². The van der Waals surface area contributed by atoms with Crippen LogP contribution in [0, 0.1) is 22.7 Å². The van der Waals surface area contributed by atoms with Gasteiger partial charge in [-0.25, -0.2) is 14.4 Å². The normalized spacial score (nSPS) is 9.84. The highest BCUT2D eigenvalue weighted by atomic mass is 16.5. The fourth-order valence-electron chi connectivity index (χ4n) is 6.80. The highest BCUT2D eigenvalue weighted by Crippen LogP contribution is 2.26. The summed E-state index contributed by atoms with van der Waals surface area (Å²) in [5.74, 6) is -4.10. The van der Waals surface area contributed by atoms with E-state index in [4.69, 9.17) is 24.4 Å². The molecule has 0 atom stereocenters. The Morgan fingerprint density at radius 1 is 0.533 bits per heavy atom. The van der Waals surface area contributed by atoms with Crippen LogP contribution in [0.1, 0.15) is 125 Å². The van der Waals surface area contributed by atoms with E-state index in [9.17, 15) is 54.0 Å². The van der Waals surface area contributed by atoms with E-state index in [-0.39, 0.29) is 100 Å². The number of Topliss-reactive ketones (excluding diaryl/α,β-unsaturated/α-hetero) is 3. The van der Waals surface area contributed by atoms with Gasteiger partial charge in [-0.15, -0.1) is 0 Å². The van der Waals surface area contributed by atoms with Crippen LogP contribution >= 0.6 is 0 Å². The molecule has 0 saturated heterocycles. The molecule has 18 nitrogen and oxygen atoms in total. The van der Waals surface area contributed by atoms with Crippen molar-refractivity contribution in [2.45, 2.75) is 53.9 Å². The molecule has 75 heavy (non-hydrogen) atoms. The van der Waals surface area contributed by atoms with E-state index < -0.39 is 29.7 Å². The van der Waals surface area contributed by atoms with E-state index in [0.717, 1.165) is 36.1 Å². The third kappa shape index (κ3) is 17.7. The first-order valence-electron chi connectivity index (χ1n) is 22.5. The van der Waals surface area contributed by atoms with Crippen LogP contribution in [-0.4, -0.2) is 82.7 Å². The number of rotatable bonds is 20. The van der Waals surface area contributed by atoms with Crippen molar-refractivity contribution in [3.8, 4) is 29.4 Å². The number of aryl methyl sites for hydroxylation is 1. The topological polar surface area (TPSA) is 297 Å². The van der Waals surface area contributed by atoms with Crippen LogP contribution in [0.25, 0.3) is 0 Å². The summed E-state index contributed by atoms with van der Waals surface area (Å²) >= 11 is 0. The van der Waals surface area contributed by atoms with Crippen molar-refractivity contribution in [1.29, 1.82) is 10.5 Å². The molecule has 0 radical (unpaired) electrons. The van der Waals surface area contributed by atoms with Gasteiger partial charge < -0.3 is 40.2 Å². The Labute approximate surface area is 432 Å². The smallest absolute Gasteiger partial charge is 0.336 e. The number of carbonyl (C=O) groups is 8. The molecular formula is C57H54N4O14. The van der Waals surface area contributed by atoms with Crippen LogP contribution in [0.2, 0.25) is 0 Å². The van der Waals surface area contributed by atoms with Crippen molar-refractivity contribution >= 4 is 58.4 Å². The second kappa shape index (κ2) is 29.4. The maximum absolute atomic E-state index is 12.5. The zero-order chi connectivity index (χ0) is 54.3. The SMILES string of the molecule is C.CC(=O)COc1ccc(NC(=O)c2ccccc2C(=O)O)cc1C#N.CC(=O)COc1ccc(NC(=O)c2ccccc2C(=O)O)cc1C#N.CCCCc1ccc(CC(=O)c2ccccc2C(=O)O)cc1OC. The van der Waals surface area contributed by atoms with Crippen molar-refractivity contribution in [1.82, 2.24) is 0 Å². The van der Waals surface area contributed by atoms with Gasteiger partial charge in [-0.05, 0) is 111 Å². The van der Waals surface area contributed by atoms with Gasteiger partial charge in [0.2, 0.25) is 0 Å².